The van der Waals surface area contributed by atoms with Gasteiger partial charge in [0.1, 0.15) is 6.10 Å². The third-order valence-electron chi connectivity index (χ3n) is 4.99. The van der Waals surface area contributed by atoms with Crippen molar-refractivity contribution in [3.05, 3.63) is 35.9 Å². The third-order valence-corrected chi connectivity index (χ3v) is 4.99. The fourth-order valence-corrected chi connectivity index (χ4v) is 3.39. The second-order valence-electron chi connectivity index (χ2n) is 6.60. The van der Waals surface area contributed by atoms with Gasteiger partial charge in [-0.05, 0) is 19.4 Å². The van der Waals surface area contributed by atoms with E-state index in [1.165, 1.54) is 5.56 Å². The van der Waals surface area contributed by atoms with E-state index in [2.05, 4.69) is 48.3 Å². The van der Waals surface area contributed by atoms with E-state index in [1.807, 2.05) is 11.0 Å². The minimum absolute atomic E-state index is 0. The maximum Gasteiger partial charge on any atom is 0.253 e. The van der Waals surface area contributed by atoms with Gasteiger partial charge in [-0.25, -0.2) is 0 Å². The van der Waals surface area contributed by atoms with Gasteiger partial charge in [0.2, 0.25) is 0 Å². The van der Waals surface area contributed by atoms with Crippen LogP contribution in [0.5, 0.6) is 0 Å². The van der Waals surface area contributed by atoms with E-state index in [4.69, 9.17) is 4.74 Å². The van der Waals surface area contributed by atoms with Crippen molar-refractivity contribution in [2.75, 3.05) is 32.8 Å². The number of amides is 1. The first-order valence-corrected chi connectivity index (χ1v) is 8.57. The van der Waals surface area contributed by atoms with Gasteiger partial charge in [-0.3, -0.25) is 9.69 Å². The molecule has 3 atom stereocenters. The van der Waals surface area contributed by atoms with Crippen LogP contribution in [-0.4, -0.2) is 66.7 Å². The lowest BCUT2D eigenvalue weighted by Gasteiger charge is -2.42. The van der Waals surface area contributed by atoms with Crippen molar-refractivity contribution in [3.63, 3.8) is 0 Å². The zero-order valence-corrected chi connectivity index (χ0v) is 16.5. The van der Waals surface area contributed by atoms with E-state index in [1.54, 1.807) is 0 Å². The first kappa shape index (κ1) is 22.2. The SMILES string of the molecule is CC1NCCN(C(=O)C2CN(Cc3ccccc3)CCO2)C1C.Cl.Cl. The first-order valence-electron chi connectivity index (χ1n) is 8.57. The highest BCUT2D eigenvalue weighted by Crippen LogP contribution is 2.16. The zero-order valence-electron chi connectivity index (χ0n) is 14.9. The summed E-state index contributed by atoms with van der Waals surface area (Å²) in [5, 5.41) is 3.42. The van der Waals surface area contributed by atoms with Gasteiger partial charge in [-0.15, -0.1) is 24.8 Å². The Labute approximate surface area is 162 Å². The average Bonchev–Trinajstić information content (AvgIpc) is 2.58. The lowest BCUT2D eigenvalue weighted by atomic mass is 10.1. The first-order chi connectivity index (χ1) is 11.1. The second kappa shape index (κ2) is 10.3. The summed E-state index contributed by atoms with van der Waals surface area (Å²) in [5.74, 6) is 0.142. The largest absolute Gasteiger partial charge is 0.366 e. The van der Waals surface area contributed by atoms with Gasteiger partial charge in [-0.1, -0.05) is 30.3 Å². The monoisotopic (exact) mass is 389 g/mol. The Hall–Kier alpha value is -0.850. The van der Waals surface area contributed by atoms with Crippen LogP contribution in [0.4, 0.5) is 0 Å². The molecule has 0 aromatic heterocycles. The summed E-state index contributed by atoms with van der Waals surface area (Å²) in [6.07, 6.45) is -0.333. The van der Waals surface area contributed by atoms with Gasteiger partial charge in [-0.2, -0.15) is 0 Å². The Morgan fingerprint density at radius 1 is 1.20 bits per heavy atom. The summed E-state index contributed by atoms with van der Waals surface area (Å²) in [5.41, 5.74) is 1.28. The van der Waals surface area contributed by atoms with Gasteiger partial charge in [0, 0.05) is 44.8 Å². The highest BCUT2D eigenvalue weighted by Gasteiger charge is 2.35. The zero-order chi connectivity index (χ0) is 16.2. The molecule has 5 nitrogen and oxygen atoms in total. The normalized spacial score (nSPS) is 27.1. The van der Waals surface area contributed by atoms with E-state index in [-0.39, 0.29) is 42.9 Å². The molecule has 2 aliphatic rings. The molecule has 2 aliphatic heterocycles. The molecule has 7 heteroatoms. The topological polar surface area (TPSA) is 44.8 Å². The van der Waals surface area contributed by atoms with Crippen molar-refractivity contribution < 1.29 is 9.53 Å². The van der Waals surface area contributed by atoms with Crippen molar-refractivity contribution in [1.29, 1.82) is 0 Å². The molecule has 25 heavy (non-hydrogen) atoms. The minimum atomic E-state index is -0.333. The molecule has 0 aliphatic carbocycles. The fraction of sp³-hybridized carbons (Fsp3) is 0.611. The standard InChI is InChI=1S/C18H27N3O2.2ClH/c1-14-15(2)21(9-8-19-14)18(22)17-13-20(10-11-23-17)12-16-6-4-3-5-7-16;;/h3-7,14-15,17,19H,8-13H2,1-2H3;2*1H. The number of carbonyl (C=O) groups excluding carboxylic acids is 1. The summed E-state index contributed by atoms with van der Waals surface area (Å²) >= 11 is 0. The Bertz CT molecular complexity index is 532. The van der Waals surface area contributed by atoms with Crippen LogP contribution in [0.15, 0.2) is 30.3 Å². The number of morpholine rings is 1. The van der Waals surface area contributed by atoms with Crippen LogP contribution < -0.4 is 5.32 Å². The van der Waals surface area contributed by atoms with Crippen LogP contribution >= 0.6 is 24.8 Å². The Balaban J connectivity index is 0.00000156. The maximum absolute atomic E-state index is 12.9. The number of nitrogens with zero attached hydrogens (tertiary/aromatic N) is 2. The predicted molar refractivity (Wildman–Crippen MR) is 105 cm³/mol. The van der Waals surface area contributed by atoms with Crippen molar-refractivity contribution in [2.24, 2.45) is 0 Å². The molecule has 1 aromatic carbocycles. The van der Waals surface area contributed by atoms with Crippen molar-refractivity contribution >= 4 is 30.7 Å². The summed E-state index contributed by atoms with van der Waals surface area (Å²) in [6, 6.07) is 11.0. The highest BCUT2D eigenvalue weighted by molar-refractivity contribution is 5.85. The molecule has 2 saturated heterocycles. The maximum atomic E-state index is 12.9. The number of carbonyl (C=O) groups is 1. The van der Waals surface area contributed by atoms with E-state index >= 15 is 0 Å². The lowest BCUT2D eigenvalue weighted by Crippen LogP contribution is -2.61. The van der Waals surface area contributed by atoms with Gasteiger partial charge in [0.15, 0.2) is 0 Å². The van der Waals surface area contributed by atoms with E-state index < -0.39 is 0 Å². The van der Waals surface area contributed by atoms with Crippen LogP contribution in [0, 0.1) is 0 Å². The molecule has 1 amide bonds. The molecule has 142 valence electrons. The van der Waals surface area contributed by atoms with E-state index in [9.17, 15) is 4.79 Å². The fourth-order valence-electron chi connectivity index (χ4n) is 3.39. The van der Waals surface area contributed by atoms with Crippen LogP contribution in [0.3, 0.4) is 0 Å². The van der Waals surface area contributed by atoms with Gasteiger partial charge in [0.05, 0.1) is 6.61 Å². The molecule has 3 unspecified atom stereocenters. The molecule has 0 saturated carbocycles. The van der Waals surface area contributed by atoms with Crippen LogP contribution in [0.1, 0.15) is 19.4 Å². The second-order valence-corrected chi connectivity index (χ2v) is 6.60. The van der Waals surface area contributed by atoms with Crippen LogP contribution in [0.25, 0.3) is 0 Å². The lowest BCUT2D eigenvalue weighted by molar-refractivity contribution is -0.153. The Kier molecular flexibility index (Phi) is 9.17. The molecular weight excluding hydrogens is 361 g/mol. The van der Waals surface area contributed by atoms with Crippen LogP contribution in [0.2, 0.25) is 0 Å². The van der Waals surface area contributed by atoms with E-state index in [0.29, 0.717) is 19.2 Å². The number of ether oxygens (including phenoxy) is 1. The molecule has 0 spiro atoms. The van der Waals surface area contributed by atoms with Crippen molar-refractivity contribution in [1.82, 2.24) is 15.1 Å². The smallest absolute Gasteiger partial charge is 0.253 e. The number of benzene rings is 1. The molecule has 3 rings (SSSR count). The number of hydrogen-bond donors (Lipinski definition) is 1. The quantitative estimate of drug-likeness (QED) is 0.857. The Morgan fingerprint density at radius 2 is 1.92 bits per heavy atom. The minimum Gasteiger partial charge on any atom is -0.366 e. The molecule has 1 aromatic rings. The molecule has 2 heterocycles. The number of nitrogens with one attached hydrogen (secondary N) is 1. The summed E-state index contributed by atoms with van der Waals surface area (Å²) in [7, 11) is 0. The van der Waals surface area contributed by atoms with Crippen molar-refractivity contribution in [3.8, 4) is 0 Å². The number of rotatable bonds is 3. The molecule has 2 fully saturated rings. The average molecular weight is 390 g/mol. The number of hydrogen-bond acceptors (Lipinski definition) is 4. The van der Waals surface area contributed by atoms with Gasteiger partial charge >= 0.3 is 0 Å². The number of piperazine rings is 1. The van der Waals surface area contributed by atoms with E-state index in [0.717, 1.165) is 26.2 Å². The summed E-state index contributed by atoms with van der Waals surface area (Å²) in [6.45, 7) is 8.93. The summed E-state index contributed by atoms with van der Waals surface area (Å²) in [4.78, 5) is 17.2. The van der Waals surface area contributed by atoms with Gasteiger partial charge < -0.3 is 15.0 Å². The predicted octanol–water partition coefficient (Wildman–Crippen LogP) is 1.94. The number of halogens is 2. The van der Waals surface area contributed by atoms with Crippen molar-refractivity contribution in [2.45, 2.75) is 38.6 Å². The van der Waals surface area contributed by atoms with Crippen LogP contribution in [-0.2, 0) is 16.1 Å². The highest BCUT2D eigenvalue weighted by atomic mass is 35.5. The Morgan fingerprint density at radius 3 is 2.64 bits per heavy atom. The molecular formula is C18H29Cl2N3O2. The molecule has 1 N–H and O–H groups in total. The third kappa shape index (κ3) is 5.56. The molecule has 0 bridgehead atoms. The molecule has 0 radical (unpaired) electrons. The summed E-state index contributed by atoms with van der Waals surface area (Å²) < 4.78 is 5.79. The van der Waals surface area contributed by atoms with Gasteiger partial charge in [0.25, 0.3) is 5.91 Å².